The van der Waals surface area contributed by atoms with E-state index < -0.39 is 0 Å². The van der Waals surface area contributed by atoms with Gasteiger partial charge < -0.3 is 19.3 Å². The molecule has 22 heavy (non-hydrogen) atoms. The largest absolute Gasteiger partial charge is 0.381 e. The molecule has 7 heteroatoms. The molecule has 1 amide bonds. The maximum absolute atomic E-state index is 12.2. The highest BCUT2D eigenvalue weighted by molar-refractivity contribution is 5.92. The van der Waals surface area contributed by atoms with E-state index in [1.54, 1.807) is 13.0 Å². The van der Waals surface area contributed by atoms with Crippen LogP contribution in [0.1, 0.15) is 22.7 Å². The van der Waals surface area contributed by atoms with Gasteiger partial charge in [0.1, 0.15) is 5.76 Å². The average molecular weight is 309 g/mol. The molecule has 1 N–H and O–H groups in total. The van der Waals surface area contributed by atoms with Gasteiger partial charge in [-0.3, -0.25) is 9.69 Å². The number of nitrogens with one attached hydrogen (secondary N) is 1. The van der Waals surface area contributed by atoms with Gasteiger partial charge >= 0.3 is 0 Å². The fraction of sp³-hybridized carbons (Fsp3) is 0.733. The van der Waals surface area contributed by atoms with Crippen LogP contribution in [0.15, 0.2) is 10.6 Å². The molecular weight excluding hydrogens is 286 g/mol. The molecule has 1 aromatic rings. The van der Waals surface area contributed by atoms with Crippen molar-refractivity contribution in [2.75, 3.05) is 46.1 Å². The van der Waals surface area contributed by atoms with Crippen LogP contribution in [0.25, 0.3) is 0 Å². The minimum atomic E-state index is -0.186. The predicted octanol–water partition coefficient (Wildman–Crippen LogP) is 0.450. The number of aryl methyl sites for hydroxylation is 1. The maximum atomic E-state index is 12.2. The third kappa shape index (κ3) is 3.66. The molecule has 2 aliphatic rings. The number of hydrogen-bond donors (Lipinski definition) is 1. The first kappa shape index (κ1) is 15.5. The molecule has 0 aromatic carbocycles. The van der Waals surface area contributed by atoms with Gasteiger partial charge in [-0.15, -0.1) is 0 Å². The molecule has 7 nitrogen and oxygen atoms in total. The van der Waals surface area contributed by atoms with Gasteiger partial charge in [-0.1, -0.05) is 5.16 Å². The molecule has 3 heterocycles. The number of nitrogens with zero attached hydrogens (tertiary/aromatic N) is 2. The highest BCUT2D eigenvalue weighted by Gasteiger charge is 2.32. The van der Waals surface area contributed by atoms with E-state index in [1.807, 2.05) is 0 Å². The minimum Gasteiger partial charge on any atom is -0.381 e. The normalized spacial score (nSPS) is 24.3. The van der Waals surface area contributed by atoms with E-state index >= 15 is 0 Å². The van der Waals surface area contributed by atoms with Gasteiger partial charge in [-0.2, -0.15) is 0 Å². The van der Waals surface area contributed by atoms with Crippen LogP contribution in [0, 0.1) is 12.8 Å². The topological polar surface area (TPSA) is 76.8 Å². The first-order valence-corrected chi connectivity index (χ1v) is 7.85. The molecule has 122 valence electrons. The summed E-state index contributed by atoms with van der Waals surface area (Å²) in [7, 11) is 0. The molecule has 0 radical (unpaired) electrons. The average Bonchev–Trinajstić information content (AvgIpc) is 3.20. The third-order valence-electron chi connectivity index (χ3n) is 4.36. The second-order valence-electron chi connectivity index (χ2n) is 5.87. The standard InChI is InChI=1S/C15H23N3O4/c1-11-8-13(17-22-11)15(19)16-9-14(12-2-5-21-10-12)18-3-6-20-7-4-18/h8,12,14H,2-7,9-10H2,1H3,(H,16,19)/t12-,14-/m0/s1. The lowest BCUT2D eigenvalue weighted by Crippen LogP contribution is -2.52. The van der Waals surface area contributed by atoms with E-state index in [0.29, 0.717) is 23.9 Å². The van der Waals surface area contributed by atoms with E-state index in [4.69, 9.17) is 14.0 Å². The van der Waals surface area contributed by atoms with Crippen molar-refractivity contribution < 1.29 is 18.8 Å². The first-order valence-electron chi connectivity index (χ1n) is 7.85. The van der Waals surface area contributed by atoms with E-state index in [1.165, 1.54) is 0 Å². The molecule has 1 aromatic heterocycles. The van der Waals surface area contributed by atoms with Crippen molar-refractivity contribution in [3.63, 3.8) is 0 Å². The summed E-state index contributed by atoms with van der Waals surface area (Å²) in [5.74, 6) is 0.908. The zero-order valence-electron chi connectivity index (χ0n) is 12.9. The summed E-state index contributed by atoms with van der Waals surface area (Å²) in [6.45, 7) is 7.25. The molecule has 2 saturated heterocycles. The molecule has 0 bridgehead atoms. The summed E-state index contributed by atoms with van der Waals surface area (Å²) in [5.41, 5.74) is 0.334. The van der Waals surface area contributed by atoms with Crippen molar-refractivity contribution in [1.29, 1.82) is 0 Å². The lowest BCUT2D eigenvalue weighted by atomic mass is 9.97. The molecule has 0 spiro atoms. The Morgan fingerprint density at radius 3 is 2.86 bits per heavy atom. The lowest BCUT2D eigenvalue weighted by molar-refractivity contribution is 0.00164. The van der Waals surface area contributed by atoms with Gasteiger partial charge in [0.05, 0.1) is 19.8 Å². The highest BCUT2D eigenvalue weighted by atomic mass is 16.5. The number of hydrogen-bond acceptors (Lipinski definition) is 6. The summed E-state index contributed by atoms with van der Waals surface area (Å²) in [6.07, 6.45) is 1.04. The van der Waals surface area contributed by atoms with E-state index in [9.17, 15) is 4.79 Å². The molecular formula is C15H23N3O4. The van der Waals surface area contributed by atoms with Crippen molar-refractivity contribution in [3.8, 4) is 0 Å². The van der Waals surface area contributed by atoms with Gasteiger partial charge in [0.15, 0.2) is 5.69 Å². The molecule has 2 fully saturated rings. The number of carbonyl (C=O) groups is 1. The quantitative estimate of drug-likeness (QED) is 0.851. The first-order chi connectivity index (χ1) is 10.7. The van der Waals surface area contributed by atoms with Crippen molar-refractivity contribution in [2.24, 2.45) is 5.92 Å². The third-order valence-corrected chi connectivity index (χ3v) is 4.36. The van der Waals surface area contributed by atoms with Crippen LogP contribution < -0.4 is 5.32 Å². The van der Waals surface area contributed by atoms with E-state index in [2.05, 4.69) is 15.4 Å². The SMILES string of the molecule is Cc1cc(C(=O)NC[C@@H]([C@H]2CCOC2)N2CCOCC2)no1. The Bertz CT molecular complexity index is 493. The van der Waals surface area contributed by atoms with Crippen LogP contribution in [0.4, 0.5) is 0 Å². The maximum Gasteiger partial charge on any atom is 0.273 e. The number of amides is 1. The molecule has 2 atom stereocenters. The molecule has 3 rings (SSSR count). The summed E-state index contributed by atoms with van der Waals surface area (Å²) in [4.78, 5) is 14.6. The summed E-state index contributed by atoms with van der Waals surface area (Å²) < 4.78 is 15.9. The van der Waals surface area contributed by atoms with Crippen LogP contribution in [0.5, 0.6) is 0 Å². The Hall–Kier alpha value is -1.44. The zero-order chi connectivity index (χ0) is 15.4. The van der Waals surface area contributed by atoms with Gasteiger partial charge in [0, 0.05) is 44.3 Å². The predicted molar refractivity (Wildman–Crippen MR) is 78.7 cm³/mol. The highest BCUT2D eigenvalue weighted by Crippen LogP contribution is 2.22. The monoisotopic (exact) mass is 309 g/mol. The number of morpholine rings is 1. The molecule has 0 aliphatic carbocycles. The fourth-order valence-electron chi connectivity index (χ4n) is 3.12. The van der Waals surface area contributed by atoms with Gasteiger partial charge in [-0.25, -0.2) is 0 Å². The second kappa shape index (κ2) is 7.21. The van der Waals surface area contributed by atoms with Crippen molar-refractivity contribution in [1.82, 2.24) is 15.4 Å². The Kier molecular flexibility index (Phi) is 5.07. The number of aromatic nitrogens is 1. The molecule has 2 aliphatic heterocycles. The number of rotatable bonds is 5. The Morgan fingerprint density at radius 2 is 2.23 bits per heavy atom. The van der Waals surface area contributed by atoms with Gasteiger partial charge in [0.2, 0.25) is 0 Å². The van der Waals surface area contributed by atoms with E-state index in [-0.39, 0.29) is 11.9 Å². The molecule has 0 saturated carbocycles. The van der Waals surface area contributed by atoms with Crippen LogP contribution in [-0.4, -0.2) is 68.1 Å². The zero-order valence-corrected chi connectivity index (χ0v) is 12.9. The van der Waals surface area contributed by atoms with Crippen molar-refractivity contribution in [2.45, 2.75) is 19.4 Å². The van der Waals surface area contributed by atoms with Crippen LogP contribution in [-0.2, 0) is 9.47 Å². The second-order valence-corrected chi connectivity index (χ2v) is 5.87. The Labute approximate surface area is 129 Å². The summed E-state index contributed by atoms with van der Waals surface area (Å²) in [6, 6.07) is 1.93. The van der Waals surface area contributed by atoms with Crippen molar-refractivity contribution >= 4 is 5.91 Å². The van der Waals surface area contributed by atoms with Crippen molar-refractivity contribution in [3.05, 3.63) is 17.5 Å². The lowest BCUT2D eigenvalue weighted by Gasteiger charge is -2.37. The van der Waals surface area contributed by atoms with Gasteiger partial charge in [0.25, 0.3) is 5.91 Å². The van der Waals surface area contributed by atoms with Crippen LogP contribution in [0.2, 0.25) is 0 Å². The van der Waals surface area contributed by atoms with E-state index in [0.717, 1.165) is 45.9 Å². The van der Waals surface area contributed by atoms with Crippen LogP contribution >= 0.6 is 0 Å². The summed E-state index contributed by atoms with van der Waals surface area (Å²) >= 11 is 0. The number of carbonyl (C=O) groups excluding carboxylic acids is 1. The van der Waals surface area contributed by atoms with Crippen LogP contribution in [0.3, 0.4) is 0 Å². The Morgan fingerprint density at radius 1 is 1.41 bits per heavy atom. The minimum absolute atomic E-state index is 0.186. The smallest absolute Gasteiger partial charge is 0.273 e. The fourth-order valence-corrected chi connectivity index (χ4v) is 3.12. The Balaban J connectivity index is 1.60. The summed E-state index contributed by atoms with van der Waals surface area (Å²) in [5, 5.41) is 6.75. The van der Waals surface area contributed by atoms with Gasteiger partial charge in [-0.05, 0) is 13.3 Å². The number of ether oxygens (including phenoxy) is 2. The molecule has 0 unspecified atom stereocenters.